The molecule has 1 unspecified atom stereocenters. The fraction of sp³-hybridized carbons (Fsp3) is 0.409. The van der Waals surface area contributed by atoms with Crippen molar-refractivity contribution in [2.45, 2.75) is 39.2 Å². The molecular weight excluding hydrogens is 326 g/mol. The minimum Gasteiger partial charge on any atom is -0.490 e. The van der Waals surface area contributed by atoms with Crippen LogP contribution in [0.15, 0.2) is 36.4 Å². The summed E-state index contributed by atoms with van der Waals surface area (Å²) in [5.41, 5.74) is 4.16. The van der Waals surface area contributed by atoms with Gasteiger partial charge in [0.2, 0.25) is 0 Å². The van der Waals surface area contributed by atoms with Gasteiger partial charge in [-0.15, -0.1) is 0 Å². The van der Waals surface area contributed by atoms with Crippen molar-refractivity contribution >= 4 is 5.91 Å². The molecule has 2 aliphatic heterocycles. The summed E-state index contributed by atoms with van der Waals surface area (Å²) in [6.07, 6.45) is 2.90. The quantitative estimate of drug-likeness (QED) is 0.803. The molecule has 2 heterocycles. The van der Waals surface area contributed by atoms with Gasteiger partial charge in [0.15, 0.2) is 11.5 Å². The molecule has 136 valence electrons. The number of carbonyl (C=O) groups excluding carboxylic acids is 1. The average molecular weight is 351 g/mol. The van der Waals surface area contributed by atoms with Gasteiger partial charge in [0.1, 0.15) is 0 Å². The van der Waals surface area contributed by atoms with E-state index < -0.39 is 0 Å². The van der Waals surface area contributed by atoms with Gasteiger partial charge >= 0.3 is 0 Å². The van der Waals surface area contributed by atoms with Crippen molar-refractivity contribution in [2.75, 3.05) is 19.8 Å². The van der Waals surface area contributed by atoms with Gasteiger partial charge in [-0.3, -0.25) is 4.79 Å². The van der Waals surface area contributed by atoms with E-state index in [-0.39, 0.29) is 11.9 Å². The van der Waals surface area contributed by atoms with Crippen LogP contribution in [0.3, 0.4) is 0 Å². The summed E-state index contributed by atoms with van der Waals surface area (Å²) in [6, 6.07) is 12.3. The van der Waals surface area contributed by atoms with Crippen LogP contribution in [0.1, 0.15) is 52.4 Å². The molecule has 2 aromatic rings. The predicted octanol–water partition coefficient (Wildman–Crippen LogP) is 4.44. The number of hydrogen-bond donors (Lipinski definition) is 0. The minimum atomic E-state index is 0.0977. The van der Waals surface area contributed by atoms with Crippen LogP contribution >= 0.6 is 0 Å². The van der Waals surface area contributed by atoms with Crippen molar-refractivity contribution < 1.29 is 14.3 Å². The number of amides is 1. The summed E-state index contributed by atoms with van der Waals surface area (Å²) in [6.45, 7) is 6.23. The maximum Gasteiger partial charge on any atom is 0.254 e. The second-order valence-electron chi connectivity index (χ2n) is 7.29. The molecule has 4 heteroatoms. The fourth-order valence-corrected chi connectivity index (χ4v) is 4.01. The van der Waals surface area contributed by atoms with Gasteiger partial charge in [0.25, 0.3) is 5.91 Å². The first kappa shape index (κ1) is 17.0. The highest BCUT2D eigenvalue weighted by molar-refractivity contribution is 5.95. The number of ether oxygens (including phenoxy) is 2. The van der Waals surface area contributed by atoms with Crippen LogP contribution in [0, 0.1) is 13.8 Å². The van der Waals surface area contributed by atoms with Crippen LogP contribution in [0.4, 0.5) is 0 Å². The molecule has 1 atom stereocenters. The van der Waals surface area contributed by atoms with Crippen LogP contribution in [-0.2, 0) is 0 Å². The Hall–Kier alpha value is -2.49. The third kappa shape index (κ3) is 3.28. The van der Waals surface area contributed by atoms with Crippen molar-refractivity contribution in [1.29, 1.82) is 0 Å². The molecule has 0 radical (unpaired) electrons. The second-order valence-corrected chi connectivity index (χ2v) is 7.29. The standard InChI is InChI=1S/C22H25NO3/c1-15-11-16(2)13-18(12-15)22(24)23-8-3-5-19(23)17-6-7-20-21(14-17)26-10-4-9-25-20/h6-7,11-14,19H,3-5,8-10H2,1-2H3. The minimum absolute atomic E-state index is 0.0977. The zero-order valence-electron chi connectivity index (χ0n) is 15.5. The van der Waals surface area contributed by atoms with Gasteiger partial charge in [0.05, 0.1) is 19.3 Å². The van der Waals surface area contributed by atoms with E-state index in [9.17, 15) is 4.79 Å². The number of nitrogens with zero attached hydrogens (tertiary/aromatic N) is 1. The number of carbonyl (C=O) groups is 1. The van der Waals surface area contributed by atoms with E-state index in [1.54, 1.807) is 0 Å². The lowest BCUT2D eigenvalue weighted by Gasteiger charge is -2.26. The smallest absolute Gasteiger partial charge is 0.254 e. The van der Waals surface area contributed by atoms with Crippen molar-refractivity contribution in [1.82, 2.24) is 4.90 Å². The molecule has 0 aromatic heterocycles. The van der Waals surface area contributed by atoms with E-state index in [0.717, 1.165) is 59.6 Å². The molecule has 1 amide bonds. The van der Waals surface area contributed by atoms with E-state index in [2.05, 4.69) is 18.2 Å². The van der Waals surface area contributed by atoms with Gasteiger partial charge < -0.3 is 14.4 Å². The Morgan fingerprint density at radius 1 is 0.962 bits per heavy atom. The van der Waals surface area contributed by atoms with Gasteiger partial charge in [-0.25, -0.2) is 0 Å². The van der Waals surface area contributed by atoms with E-state index in [4.69, 9.17) is 9.47 Å². The number of benzene rings is 2. The molecule has 1 fully saturated rings. The molecule has 1 saturated heterocycles. The number of aryl methyl sites for hydroxylation is 2. The summed E-state index contributed by atoms with van der Waals surface area (Å²) in [5, 5.41) is 0. The highest BCUT2D eigenvalue weighted by Gasteiger charge is 2.31. The zero-order chi connectivity index (χ0) is 18.1. The molecule has 4 nitrogen and oxygen atoms in total. The molecule has 0 N–H and O–H groups in total. The molecule has 0 bridgehead atoms. The second kappa shape index (κ2) is 7.02. The first-order chi connectivity index (χ1) is 12.6. The van der Waals surface area contributed by atoms with Crippen molar-refractivity contribution in [3.8, 4) is 11.5 Å². The Morgan fingerprint density at radius 3 is 2.46 bits per heavy atom. The highest BCUT2D eigenvalue weighted by atomic mass is 16.5. The molecule has 26 heavy (non-hydrogen) atoms. The molecule has 2 aromatic carbocycles. The summed E-state index contributed by atoms with van der Waals surface area (Å²) in [4.78, 5) is 15.2. The van der Waals surface area contributed by atoms with Crippen molar-refractivity contribution in [3.05, 3.63) is 58.7 Å². The van der Waals surface area contributed by atoms with E-state index in [0.29, 0.717) is 13.2 Å². The lowest BCUT2D eigenvalue weighted by Crippen LogP contribution is -2.30. The SMILES string of the molecule is Cc1cc(C)cc(C(=O)N2CCCC2c2ccc3c(c2)OCCCO3)c1. The van der Waals surface area contributed by atoms with E-state index in [1.165, 1.54) is 0 Å². The van der Waals surface area contributed by atoms with E-state index >= 15 is 0 Å². The summed E-state index contributed by atoms with van der Waals surface area (Å²) < 4.78 is 11.6. The first-order valence-electron chi connectivity index (χ1n) is 9.40. The molecule has 0 saturated carbocycles. The van der Waals surface area contributed by atoms with Crippen LogP contribution in [0.2, 0.25) is 0 Å². The topological polar surface area (TPSA) is 38.8 Å². The largest absolute Gasteiger partial charge is 0.490 e. The summed E-state index contributed by atoms with van der Waals surface area (Å²) >= 11 is 0. The molecule has 2 aliphatic rings. The van der Waals surface area contributed by atoms with Gasteiger partial charge in [-0.2, -0.15) is 0 Å². The van der Waals surface area contributed by atoms with Crippen LogP contribution < -0.4 is 9.47 Å². The highest BCUT2D eigenvalue weighted by Crippen LogP contribution is 2.38. The molecule has 4 rings (SSSR count). The zero-order valence-corrected chi connectivity index (χ0v) is 15.5. The first-order valence-corrected chi connectivity index (χ1v) is 9.40. The molecule has 0 spiro atoms. The van der Waals surface area contributed by atoms with Crippen molar-refractivity contribution in [3.63, 3.8) is 0 Å². The third-order valence-corrected chi connectivity index (χ3v) is 5.14. The lowest BCUT2D eigenvalue weighted by molar-refractivity contribution is 0.0735. The van der Waals surface area contributed by atoms with Crippen LogP contribution in [0.5, 0.6) is 11.5 Å². The number of likely N-dealkylation sites (tertiary alicyclic amines) is 1. The lowest BCUT2D eigenvalue weighted by atomic mass is 10.0. The average Bonchev–Trinajstić information content (AvgIpc) is 2.98. The Balaban J connectivity index is 1.62. The van der Waals surface area contributed by atoms with Gasteiger partial charge in [-0.05, 0) is 56.5 Å². The Kier molecular flexibility index (Phi) is 4.58. The van der Waals surface area contributed by atoms with Crippen molar-refractivity contribution in [2.24, 2.45) is 0 Å². The normalized spacial score (nSPS) is 19.3. The fourth-order valence-electron chi connectivity index (χ4n) is 4.01. The summed E-state index contributed by atoms with van der Waals surface area (Å²) in [5.74, 6) is 1.72. The van der Waals surface area contributed by atoms with Crippen LogP contribution in [-0.4, -0.2) is 30.6 Å². The molecular formula is C22H25NO3. The Morgan fingerprint density at radius 2 is 1.69 bits per heavy atom. The number of fused-ring (bicyclic) bond motifs is 1. The maximum atomic E-state index is 13.1. The third-order valence-electron chi connectivity index (χ3n) is 5.14. The Bertz CT molecular complexity index is 810. The van der Waals surface area contributed by atoms with Gasteiger partial charge in [-0.1, -0.05) is 23.3 Å². The maximum absolute atomic E-state index is 13.1. The summed E-state index contributed by atoms with van der Waals surface area (Å²) in [7, 11) is 0. The Labute approximate surface area is 154 Å². The number of hydrogen-bond acceptors (Lipinski definition) is 3. The monoisotopic (exact) mass is 351 g/mol. The van der Waals surface area contributed by atoms with Crippen LogP contribution in [0.25, 0.3) is 0 Å². The molecule has 0 aliphatic carbocycles. The van der Waals surface area contributed by atoms with E-state index in [1.807, 2.05) is 36.9 Å². The number of rotatable bonds is 2. The predicted molar refractivity (Wildman–Crippen MR) is 101 cm³/mol. The van der Waals surface area contributed by atoms with Gasteiger partial charge in [0, 0.05) is 18.5 Å².